The molecule has 1 N–H and O–H groups in total. The van der Waals surface area contributed by atoms with Gasteiger partial charge in [-0.2, -0.15) is 0 Å². The molecule has 1 aliphatic rings. The van der Waals surface area contributed by atoms with E-state index >= 15 is 4.57 Å². The summed E-state index contributed by atoms with van der Waals surface area (Å²) in [5.41, 5.74) is 1.69. The molecule has 0 spiro atoms. The maximum atomic E-state index is 15.2. The second-order valence-electron chi connectivity index (χ2n) is 10.4. The molecule has 0 bridgehead atoms. The Morgan fingerprint density at radius 3 is 1.85 bits per heavy atom. The summed E-state index contributed by atoms with van der Waals surface area (Å²) in [6, 6.07) is 14.2. The van der Waals surface area contributed by atoms with Crippen molar-refractivity contribution < 1.29 is 23.3 Å². The predicted octanol–water partition coefficient (Wildman–Crippen LogP) is 8.92. The molecule has 1 fully saturated rings. The van der Waals surface area contributed by atoms with Crippen LogP contribution < -0.4 is 10.1 Å². The largest absolute Gasteiger partial charge is 0.497 e. The Labute approximate surface area is 233 Å². The number of nitro groups is 1. The number of nitrogens with zero attached hydrogens (tertiary/aromatic N) is 1. The standard InChI is InChI=1S/C30H45N2O6P/c1-6-26(7-2)37-39(35,38-27(8-3)9-4)30(31-24-16-18-25(19-17-24)32(33)34)29(22-12-10-11-13-22)23-14-20-28(36-5)21-15-23/h14-22,26-27,29-31H,6-13H2,1-5H3/t29-,30-/m1/s1. The van der Waals surface area contributed by atoms with Crippen molar-refractivity contribution in [3.8, 4) is 5.75 Å². The number of rotatable bonds is 16. The molecule has 0 aliphatic heterocycles. The van der Waals surface area contributed by atoms with Crippen molar-refractivity contribution in [3.63, 3.8) is 0 Å². The average Bonchev–Trinajstić information content (AvgIpc) is 3.49. The van der Waals surface area contributed by atoms with Gasteiger partial charge in [-0.15, -0.1) is 0 Å². The van der Waals surface area contributed by atoms with Crippen LogP contribution in [0.3, 0.4) is 0 Å². The Kier molecular flexibility index (Phi) is 11.8. The number of non-ortho nitro benzene ring substituents is 1. The molecule has 2 aromatic carbocycles. The molecule has 1 saturated carbocycles. The van der Waals surface area contributed by atoms with Crippen molar-refractivity contribution in [2.24, 2.45) is 5.92 Å². The molecule has 9 heteroatoms. The van der Waals surface area contributed by atoms with Crippen LogP contribution in [0.15, 0.2) is 48.5 Å². The fraction of sp³-hybridized carbons (Fsp3) is 0.600. The molecule has 0 radical (unpaired) electrons. The summed E-state index contributed by atoms with van der Waals surface area (Å²) in [4.78, 5) is 10.9. The van der Waals surface area contributed by atoms with Gasteiger partial charge in [0, 0.05) is 23.7 Å². The molecular formula is C30H45N2O6P. The van der Waals surface area contributed by atoms with Gasteiger partial charge in [-0.1, -0.05) is 52.7 Å². The lowest BCUT2D eigenvalue weighted by atomic mass is 9.84. The number of benzene rings is 2. The van der Waals surface area contributed by atoms with Gasteiger partial charge in [-0.3, -0.25) is 14.7 Å². The highest BCUT2D eigenvalue weighted by atomic mass is 31.2. The molecule has 39 heavy (non-hydrogen) atoms. The molecule has 216 valence electrons. The third-order valence-corrected chi connectivity index (χ3v) is 10.2. The van der Waals surface area contributed by atoms with Crippen molar-refractivity contribution >= 4 is 19.0 Å². The number of anilines is 1. The first-order chi connectivity index (χ1) is 18.8. The average molecular weight is 561 g/mol. The van der Waals surface area contributed by atoms with Crippen molar-refractivity contribution in [2.45, 2.75) is 103 Å². The van der Waals surface area contributed by atoms with E-state index in [0.29, 0.717) is 31.4 Å². The summed E-state index contributed by atoms with van der Waals surface area (Å²) >= 11 is 0. The van der Waals surface area contributed by atoms with Crippen LogP contribution in [0, 0.1) is 16.0 Å². The van der Waals surface area contributed by atoms with E-state index in [2.05, 4.69) is 5.32 Å². The summed E-state index contributed by atoms with van der Waals surface area (Å²) in [5.74, 6) is 0.186. The summed E-state index contributed by atoms with van der Waals surface area (Å²) in [6.07, 6.45) is 6.70. The van der Waals surface area contributed by atoms with Gasteiger partial charge in [-0.25, -0.2) is 0 Å². The number of ether oxygens (including phenoxy) is 1. The van der Waals surface area contributed by atoms with E-state index in [-0.39, 0.29) is 29.7 Å². The van der Waals surface area contributed by atoms with Crippen molar-refractivity contribution in [1.82, 2.24) is 0 Å². The number of methoxy groups -OCH3 is 1. The fourth-order valence-electron chi connectivity index (χ4n) is 5.52. The van der Waals surface area contributed by atoms with Crippen LogP contribution >= 0.6 is 7.60 Å². The van der Waals surface area contributed by atoms with E-state index in [1.807, 2.05) is 52.0 Å². The fourth-order valence-corrected chi connectivity index (χ4v) is 8.37. The van der Waals surface area contributed by atoms with Gasteiger partial charge in [0.05, 0.1) is 24.2 Å². The van der Waals surface area contributed by atoms with E-state index in [0.717, 1.165) is 37.0 Å². The van der Waals surface area contributed by atoms with Gasteiger partial charge in [0.25, 0.3) is 5.69 Å². The summed E-state index contributed by atoms with van der Waals surface area (Å²) in [7, 11) is -2.13. The Balaban J connectivity index is 2.17. The quantitative estimate of drug-likeness (QED) is 0.124. The summed E-state index contributed by atoms with van der Waals surface area (Å²) < 4.78 is 33.6. The molecule has 2 atom stereocenters. The van der Waals surface area contributed by atoms with Gasteiger partial charge in [0.15, 0.2) is 0 Å². The zero-order valence-electron chi connectivity index (χ0n) is 24.0. The highest BCUT2D eigenvalue weighted by Crippen LogP contribution is 2.62. The van der Waals surface area contributed by atoms with Crippen LogP contribution in [-0.4, -0.2) is 30.0 Å². The first-order valence-electron chi connectivity index (χ1n) is 14.4. The second-order valence-corrected chi connectivity index (χ2v) is 12.4. The molecule has 1 aliphatic carbocycles. The van der Waals surface area contributed by atoms with Crippen LogP contribution in [0.25, 0.3) is 0 Å². The predicted molar refractivity (Wildman–Crippen MR) is 157 cm³/mol. The van der Waals surface area contributed by atoms with Gasteiger partial charge in [0.1, 0.15) is 11.5 Å². The van der Waals surface area contributed by atoms with Crippen LogP contribution in [0.4, 0.5) is 11.4 Å². The normalized spacial score (nSPS) is 16.0. The zero-order valence-corrected chi connectivity index (χ0v) is 24.9. The molecular weight excluding hydrogens is 515 g/mol. The molecule has 2 aromatic rings. The highest BCUT2D eigenvalue weighted by molar-refractivity contribution is 7.54. The Morgan fingerprint density at radius 2 is 1.41 bits per heavy atom. The third kappa shape index (κ3) is 8.06. The molecule has 3 rings (SSSR count). The van der Waals surface area contributed by atoms with Crippen molar-refractivity contribution in [1.29, 1.82) is 0 Å². The number of hydrogen-bond acceptors (Lipinski definition) is 7. The minimum Gasteiger partial charge on any atom is -0.497 e. The lowest BCUT2D eigenvalue weighted by molar-refractivity contribution is -0.384. The minimum atomic E-state index is -3.77. The smallest absolute Gasteiger partial charge is 0.353 e. The molecule has 0 amide bonds. The molecule has 0 saturated heterocycles. The SMILES string of the molecule is CCC(CC)OP(=O)(OC(CC)CC)[C@@H](Nc1ccc([N+](=O)[O-])cc1)[C@@H](c1ccc(OC)cc1)C1CCCC1. The lowest BCUT2D eigenvalue weighted by Crippen LogP contribution is -2.35. The summed E-state index contributed by atoms with van der Waals surface area (Å²) in [5, 5.41) is 14.8. The number of nitro benzene ring substituents is 1. The Hall–Kier alpha value is -2.41. The topological polar surface area (TPSA) is 99.9 Å². The van der Waals surface area contributed by atoms with E-state index in [1.165, 1.54) is 12.1 Å². The first kappa shape index (κ1) is 31.1. The zero-order chi connectivity index (χ0) is 28.4. The highest BCUT2D eigenvalue weighted by Gasteiger charge is 2.47. The Morgan fingerprint density at radius 1 is 0.897 bits per heavy atom. The maximum absolute atomic E-state index is 15.2. The summed E-state index contributed by atoms with van der Waals surface area (Å²) in [6.45, 7) is 8.14. The molecule has 0 aromatic heterocycles. The van der Waals surface area contributed by atoms with Crippen LogP contribution in [0.2, 0.25) is 0 Å². The van der Waals surface area contributed by atoms with Gasteiger partial charge >= 0.3 is 7.60 Å². The molecule has 8 nitrogen and oxygen atoms in total. The van der Waals surface area contributed by atoms with Gasteiger partial charge in [0.2, 0.25) is 0 Å². The first-order valence-corrected chi connectivity index (χ1v) is 16.0. The monoisotopic (exact) mass is 560 g/mol. The third-order valence-electron chi connectivity index (χ3n) is 7.90. The van der Waals surface area contributed by atoms with E-state index in [9.17, 15) is 10.1 Å². The lowest BCUT2D eigenvalue weighted by Gasteiger charge is -2.39. The van der Waals surface area contributed by atoms with Crippen LogP contribution in [0.5, 0.6) is 5.75 Å². The number of nitrogens with one attached hydrogen (secondary N) is 1. The van der Waals surface area contributed by atoms with Gasteiger partial charge < -0.3 is 19.1 Å². The Bertz CT molecular complexity index is 1050. The minimum absolute atomic E-state index is 0.00402. The van der Waals surface area contributed by atoms with Crippen molar-refractivity contribution in [2.75, 3.05) is 12.4 Å². The number of hydrogen-bond donors (Lipinski definition) is 1. The molecule has 0 heterocycles. The van der Waals surface area contributed by atoms with Crippen LogP contribution in [0.1, 0.15) is 90.5 Å². The van der Waals surface area contributed by atoms with Crippen molar-refractivity contribution in [3.05, 3.63) is 64.2 Å². The van der Waals surface area contributed by atoms with Crippen LogP contribution in [-0.2, 0) is 13.6 Å². The van der Waals surface area contributed by atoms with E-state index < -0.39 is 18.3 Å². The van der Waals surface area contributed by atoms with E-state index in [1.54, 1.807) is 19.2 Å². The maximum Gasteiger partial charge on any atom is 0.353 e. The van der Waals surface area contributed by atoms with E-state index in [4.69, 9.17) is 13.8 Å². The molecule has 0 unspecified atom stereocenters. The van der Waals surface area contributed by atoms with Gasteiger partial charge in [-0.05, 0) is 74.3 Å². The second kappa shape index (κ2) is 14.8.